The van der Waals surface area contributed by atoms with Gasteiger partial charge in [-0.05, 0) is 30.3 Å². The number of sulfonamides is 1. The van der Waals surface area contributed by atoms with Gasteiger partial charge in [-0.15, -0.1) is 0 Å². The molecule has 1 aromatic carbocycles. The molecule has 0 spiro atoms. The lowest BCUT2D eigenvalue weighted by atomic mass is 10.2. The number of halogens is 2. The molecule has 0 atom stereocenters. The van der Waals surface area contributed by atoms with Gasteiger partial charge in [-0.25, -0.2) is 17.7 Å². The van der Waals surface area contributed by atoms with Gasteiger partial charge in [-0.3, -0.25) is 4.79 Å². The maximum absolute atomic E-state index is 12.3. The summed E-state index contributed by atoms with van der Waals surface area (Å²) in [5, 5.41) is 3.75. The lowest BCUT2D eigenvalue weighted by molar-refractivity contribution is 0.0954. The van der Waals surface area contributed by atoms with E-state index in [1.807, 2.05) is 0 Å². The zero-order chi connectivity index (χ0) is 20.5. The topological polar surface area (TPSA) is 83.8 Å². The van der Waals surface area contributed by atoms with E-state index >= 15 is 0 Å². The second-order valence-corrected chi connectivity index (χ2v) is 9.28. The van der Waals surface area contributed by atoms with E-state index in [0.29, 0.717) is 34.2 Å². The second kappa shape index (κ2) is 8.08. The molecule has 0 aliphatic carbocycles. The molecule has 0 fully saturated rings. The van der Waals surface area contributed by atoms with Crippen LogP contribution in [-0.2, 0) is 16.4 Å². The van der Waals surface area contributed by atoms with Crippen molar-refractivity contribution in [2.24, 2.45) is 0 Å². The minimum Gasteiger partial charge on any atom is -0.352 e. The molecule has 0 aliphatic rings. The van der Waals surface area contributed by atoms with E-state index in [-0.39, 0.29) is 10.8 Å². The maximum atomic E-state index is 12.3. The molecular weight excluding hydrogens is 423 g/mol. The van der Waals surface area contributed by atoms with Crippen LogP contribution < -0.4 is 5.32 Å². The number of benzene rings is 1. The van der Waals surface area contributed by atoms with Crippen molar-refractivity contribution in [3.05, 3.63) is 64.0 Å². The van der Waals surface area contributed by atoms with Gasteiger partial charge in [0.2, 0.25) is 10.0 Å². The number of nitrogens with one attached hydrogen (secondary N) is 1. The quantitative estimate of drug-likeness (QED) is 0.638. The fourth-order valence-electron chi connectivity index (χ4n) is 2.59. The summed E-state index contributed by atoms with van der Waals surface area (Å²) in [6, 6.07) is 7.42. The number of rotatable bonds is 6. The summed E-state index contributed by atoms with van der Waals surface area (Å²) < 4.78 is 27.0. The highest BCUT2D eigenvalue weighted by atomic mass is 35.5. The van der Waals surface area contributed by atoms with E-state index in [9.17, 15) is 13.2 Å². The van der Waals surface area contributed by atoms with Gasteiger partial charge in [0, 0.05) is 45.0 Å². The van der Waals surface area contributed by atoms with Crippen LogP contribution in [0, 0.1) is 0 Å². The van der Waals surface area contributed by atoms with E-state index in [4.69, 9.17) is 23.2 Å². The summed E-state index contributed by atoms with van der Waals surface area (Å²) in [7, 11) is -0.611. The van der Waals surface area contributed by atoms with Crippen LogP contribution in [0.3, 0.4) is 0 Å². The summed E-state index contributed by atoms with van der Waals surface area (Å²) in [5.74, 6) is -0.293. The van der Waals surface area contributed by atoms with Crippen molar-refractivity contribution in [2.75, 3.05) is 20.6 Å². The van der Waals surface area contributed by atoms with E-state index in [1.165, 1.54) is 38.4 Å². The number of pyridine rings is 1. The highest BCUT2D eigenvalue weighted by Gasteiger charge is 2.17. The molecule has 0 aliphatic heterocycles. The van der Waals surface area contributed by atoms with Gasteiger partial charge in [-0.2, -0.15) is 0 Å². The molecule has 0 radical (unpaired) electrons. The van der Waals surface area contributed by atoms with E-state index in [2.05, 4.69) is 10.3 Å². The molecular formula is C18H18Cl2N4O3S. The molecule has 0 unspecified atom stereocenters. The van der Waals surface area contributed by atoms with E-state index in [1.54, 1.807) is 22.9 Å². The van der Waals surface area contributed by atoms with Crippen LogP contribution in [0.15, 0.2) is 47.6 Å². The van der Waals surface area contributed by atoms with Gasteiger partial charge in [-0.1, -0.05) is 23.2 Å². The number of fused-ring (bicyclic) bond motifs is 1. The highest BCUT2D eigenvalue weighted by Crippen LogP contribution is 2.21. The van der Waals surface area contributed by atoms with Crippen LogP contribution in [0.5, 0.6) is 0 Å². The fourth-order valence-corrected chi connectivity index (χ4v) is 4.02. The Hall–Kier alpha value is -2.13. The molecule has 0 saturated heterocycles. The first-order valence-corrected chi connectivity index (χ1v) is 10.5. The van der Waals surface area contributed by atoms with Crippen LogP contribution >= 0.6 is 23.2 Å². The third-order valence-electron chi connectivity index (χ3n) is 4.08. The maximum Gasteiger partial charge on any atom is 0.251 e. The fraction of sp³-hybridized carbons (Fsp3) is 0.222. The van der Waals surface area contributed by atoms with Crippen molar-refractivity contribution in [1.29, 1.82) is 0 Å². The number of nitrogens with zero attached hydrogens (tertiary/aromatic N) is 3. The average molecular weight is 441 g/mol. The molecule has 3 aromatic rings. The molecule has 0 saturated carbocycles. The first-order valence-electron chi connectivity index (χ1n) is 8.32. The number of hydrogen-bond acceptors (Lipinski definition) is 4. The zero-order valence-electron chi connectivity index (χ0n) is 15.2. The minimum atomic E-state index is -3.52. The SMILES string of the molecule is CN(C)S(=O)(=O)c1ccc(C(=O)NCCc2cn3cc(Cl)cc(Cl)c3n2)cc1. The number of amides is 1. The van der Waals surface area contributed by atoms with Gasteiger partial charge in [0.05, 0.1) is 20.6 Å². The molecule has 1 N–H and O–H groups in total. The lowest BCUT2D eigenvalue weighted by Gasteiger charge is -2.11. The first-order chi connectivity index (χ1) is 13.2. The molecule has 2 aromatic heterocycles. The van der Waals surface area contributed by atoms with Crippen molar-refractivity contribution >= 4 is 44.8 Å². The summed E-state index contributed by atoms with van der Waals surface area (Å²) in [4.78, 5) is 16.8. The minimum absolute atomic E-state index is 0.134. The second-order valence-electron chi connectivity index (χ2n) is 6.29. The number of carbonyl (C=O) groups is 1. The molecule has 10 heteroatoms. The summed E-state index contributed by atoms with van der Waals surface area (Å²) >= 11 is 12.1. The Morgan fingerprint density at radius 3 is 2.50 bits per heavy atom. The highest BCUT2D eigenvalue weighted by molar-refractivity contribution is 7.89. The summed E-state index contributed by atoms with van der Waals surface area (Å²) in [6.07, 6.45) is 4.02. The zero-order valence-corrected chi connectivity index (χ0v) is 17.5. The van der Waals surface area contributed by atoms with E-state index in [0.717, 1.165) is 10.00 Å². The number of imidazole rings is 1. The Bertz CT molecular complexity index is 1130. The molecule has 0 bridgehead atoms. The van der Waals surface area contributed by atoms with Crippen molar-refractivity contribution in [1.82, 2.24) is 19.0 Å². The number of aromatic nitrogens is 2. The summed E-state index contributed by atoms with van der Waals surface area (Å²) in [5.41, 5.74) is 1.74. The molecule has 2 heterocycles. The predicted molar refractivity (Wildman–Crippen MR) is 109 cm³/mol. The Kier molecular flexibility index (Phi) is 5.95. The van der Waals surface area contributed by atoms with Crippen LogP contribution in [0.2, 0.25) is 10.0 Å². The molecule has 28 heavy (non-hydrogen) atoms. The Balaban J connectivity index is 1.62. The van der Waals surface area contributed by atoms with Crippen LogP contribution in [0.25, 0.3) is 5.65 Å². The Morgan fingerprint density at radius 2 is 1.86 bits per heavy atom. The molecule has 1 amide bonds. The van der Waals surface area contributed by atoms with Crippen LogP contribution in [-0.4, -0.2) is 48.7 Å². The third kappa shape index (κ3) is 4.30. The first kappa shape index (κ1) is 20.6. The molecule has 3 rings (SSSR count). The standard InChI is InChI=1S/C18H18Cl2N4O3S/c1-23(2)28(26,27)15-5-3-12(4-6-15)18(25)21-8-7-14-11-24-10-13(19)9-16(20)17(24)22-14/h3-6,9-11H,7-8H2,1-2H3,(H,21,25). The third-order valence-corrected chi connectivity index (χ3v) is 6.40. The normalized spacial score (nSPS) is 11.9. The van der Waals surface area contributed by atoms with Crippen LogP contribution in [0.1, 0.15) is 16.1 Å². The van der Waals surface area contributed by atoms with Gasteiger partial charge in [0.15, 0.2) is 5.65 Å². The largest absolute Gasteiger partial charge is 0.352 e. The van der Waals surface area contributed by atoms with Gasteiger partial charge in [0.25, 0.3) is 5.91 Å². The van der Waals surface area contributed by atoms with Crippen LogP contribution in [0.4, 0.5) is 0 Å². The lowest BCUT2D eigenvalue weighted by Crippen LogP contribution is -2.26. The molecule has 148 valence electrons. The van der Waals surface area contributed by atoms with Gasteiger partial charge in [0.1, 0.15) is 0 Å². The van der Waals surface area contributed by atoms with Crippen molar-refractivity contribution < 1.29 is 13.2 Å². The average Bonchev–Trinajstić information content (AvgIpc) is 3.04. The summed E-state index contributed by atoms with van der Waals surface area (Å²) in [6.45, 7) is 0.367. The number of hydrogen-bond donors (Lipinski definition) is 1. The van der Waals surface area contributed by atoms with Gasteiger partial charge < -0.3 is 9.72 Å². The predicted octanol–water partition coefficient (Wildman–Crippen LogP) is 2.86. The monoisotopic (exact) mass is 440 g/mol. The molecule has 7 nitrogen and oxygen atoms in total. The Labute approximate surface area is 172 Å². The van der Waals surface area contributed by atoms with Crippen molar-refractivity contribution in [3.8, 4) is 0 Å². The Morgan fingerprint density at radius 1 is 1.18 bits per heavy atom. The smallest absolute Gasteiger partial charge is 0.251 e. The van der Waals surface area contributed by atoms with Crippen molar-refractivity contribution in [3.63, 3.8) is 0 Å². The van der Waals surface area contributed by atoms with Gasteiger partial charge >= 0.3 is 0 Å². The van der Waals surface area contributed by atoms with Crippen molar-refractivity contribution in [2.45, 2.75) is 11.3 Å². The number of carbonyl (C=O) groups excluding carboxylic acids is 1. The van der Waals surface area contributed by atoms with E-state index < -0.39 is 10.0 Å².